The summed E-state index contributed by atoms with van der Waals surface area (Å²) in [7, 11) is 1.68. The van der Waals surface area contributed by atoms with Gasteiger partial charge in [-0.25, -0.2) is 0 Å². The second-order valence-corrected chi connectivity index (χ2v) is 5.26. The number of carboxylic acids is 1. The Kier molecular flexibility index (Phi) is 3.77. The van der Waals surface area contributed by atoms with Crippen molar-refractivity contribution in [3.63, 3.8) is 0 Å². The van der Waals surface area contributed by atoms with E-state index in [0.717, 1.165) is 38.5 Å². The summed E-state index contributed by atoms with van der Waals surface area (Å²) in [5.74, 6) is -0.619. The van der Waals surface area contributed by atoms with Crippen molar-refractivity contribution in [2.75, 3.05) is 7.11 Å². The van der Waals surface area contributed by atoms with Gasteiger partial charge in [-0.2, -0.15) is 0 Å². The van der Waals surface area contributed by atoms with Crippen LogP contribution in [0.15, 0.2) is 0 Å². The van der Waals surface area contributed by atoms with Gasteiger partial charge in [0.25, 0.3) is 0 Å². The summed E-state index contributed by atoms with van der Waals surface area (Å²) in [4.78, 5) is 11.3. The van der Waals surface area contributed by atoms with Crippen molar-refractivity contribution in [3.05, 3.63) is 0 Å². The predicted octanol–water partition coefficient (Wildman–Crippen LogP) is 2.84. The maximum atomic E-state index is 11.3. The maximum Gasteiger partial charge on any atom is 0.309 e. The highest BCUT2D eigenvalue weighted by atomic mass is 16.5. The van der Waals surface area contributed by atoms with E-state index in [0.29, 0.717) is 0 Å². The fourth-order valence-electron chi connectivity index (χ4n) is 2.26. The van der Waals surface area contributed by atoms with E-state index < -0.39 is 11.4 Å². The normalized spacial score (nSPS) is 20.5. The van der Waals surface area contributed by atoms with Crippen LogP contribution in [-0.2, 0) is 9.53 Å². The fraction of sp³-hybridized carbons (Fsp3) is 0.917. The Hall–Kier alpha value is -0.570. The lowest BCUT2D eigenvalue weighted by atomic mass is 9.79. The minimum absolute atomic E-state index is 0.203. The molecule has 0 unspecified atom stereocenters. The van der Waals surface area contributed by atoms with Gasteiger partial charge in [-0.3, -0.25) is 4.79 Å². The third kappa shape index (κ3) is 2.94. The second-order valence-electron chi connectivity index (χ2n) is 5.26. The zero-order valence-corrected chi connectivity index (χ0v) is 10.0. The molecule has 3 heteroatoms. The molecule has 0 spiro atoms. The van der Waals surface area contributed by atoms with Gasteiger partial charge < -0.3 is 9.84 Å². The van der Waals surface area contributed by atoms with Gasteiger partial charge in [0.15, 0.2) is 0 Å². The Morgan fingerprint density at radius 2 is 1.93 bits per heavy atom. The van der Waals surface area contributed by atoms with Crippen LogP contribution < -0.4 is 0 Å². The van der Waals surface area contributed by atoms with Gasteiger partial charge in [0.2, 0.25) is 0 Å². The van der Waals surface area contributed by atoms with Crippen molar-refractivity contribution in [2.45, 2.75) is 58.0 Å². The van der Waals surface area contributed by atoms with Gasteiger partial charge in [-0.1, -0.05) is 12.8 Å². The Labute approximate surface area is 91.8 Å². The highest BCUT2D eigenvalue weighted by Crippen LogP contribution is 2.43. The lowest BCUT2D eigenvalue weighted by Crippen LogP contribution is -2.32. The summed E-state index contributed by atoms with van der Waals surface area (Å²) in [5, 5.41) is 9.29. The van der Waals surface area contributed by atoms with Crippen molar-refractivity contribution >= 4 is 5.97 Å². The summed E-state index contributed by atoms with van der Waals surface area (Å²) in [6, 6.07) is 0. The monoisotopic (exact) mass is 214 g/mol. The van der Waals surface area contributed by atoms with E-state index in [1.165, 1.54) is 0 Å². The van der Waals surface area contributed by atoms with E-state index in [1.54, 1.807) is 7.11 Å². The summed E-state index contributed by atoms with van der Waals surface area (Å²) in [5.41, 5.74) is -0.666. The van der Waals surface area contributed by atoms with Crippen LogP contribution in [0.4, 0.5) is 0 Å². The first-order chi connectivity index (χ1) is 6.92. The molecule has 0 aromatic heterocycles. The van der Waals surface area contributed by atoms with E-state index in [1.807, 2.05) is 13.8 Å². The molecule has 0 saturated heterocycles. The molecule has 0 heterocycles. The summed E-state index contributed by atoms with van der Waals surface area (Å²) < 4.78 is 5.33. The first kappa shape index (κ1) is 12.5. The Bertz CT molecular complexity index is 227. The van der Waals surface area contributed by atoms with E-state index in [4.69, 9.17) is 4.74 Å². The summed E-state index contributed by atoms with van der Waals surface area (Å²) >= 11 is 0. The lowest BCUT2D eigenvalue weighted by Gasteiger charge is -2.29. The van der Waals surface area contributed by atoms with Gasteiger partial charge in [-0.05, 0) is 39.5 Å². The minimum atomic E-state index is -0.619. The molecule has 0 amide bonds. The molecule has 0 radical (unpaired) electrons. The first-order valence-corrected chi connectivity index (χ1v) is 5.70. The zero-order valence-electron chi connectivity index (χ0n) is 10.0. The van der Waals surface area contributed by atoms with Crippen molar-refractivity contribution in [3.8, 4) is 0 Å². The van der Waals surface area contributed by atoms with Crippen LogP contribution in [0.1, 0.15) is 52.4 Å². The summed E-state index contributed by atoms with van der Waals surface area (Å²) in [6.45, 7) is 4.02. The number of rotatable bonds is 5. The molecule has 1 fully saturated rings. The first-order valence-electron chi connectivity index (χ1n) is 5.70. The predicted molar refractivity (Wildman–Crippen MR) is 58.9 cm³/mol. The van der Waals surface area contributed by atoms with E-state index >= 15 is 0 Å². The maximum absolute atomic E-state index is 11.3. The van der Waals surface area contributed by atoms with Gasteiger partial charge in [-0.15, -0.1) is 0 Å². The van der Waals surface area contributed by atoms with Crippen molar-refractivity contribution in [1.29, 1.82) is 0 Å². The van der Waals surface area contributed by atoms with E-state index in [-0.39, 0.29) is 5.60 Å². The number of carbonyl (C=O) groups is 1. The number of aliphatic carboxylic acids is 1. The number of hydrogen-bond donors (Lipinski definition) is 1. The average Bonchev–Trinajstić information content (AvgIpc) is 2.65. The Morgan fingerprint density at radius 1 is 1.40 bits per heavy atom. The standard InChI is InChI=1S/C12H22O3/c1-11(2,15-3)8-9-12(10(13)14)6-4-5-7-12/h4-9H2,1-3H3,(H,13,14). The number of ether oxygens (including phenoxy) is 1. The third-order valence-electron chi connectivity index (χ3n) is 3.77. The minimum Gasteiger partial charge on any atom is -0.481 e. The van der Waals surface area contributed by atoms with Crippen LogP contribution in [0.2, 0.25) is 0 Å². The molecule has 0 atom stereocenters. The van der Waals surface area contributed by atoms with Crippen LogP contribution in [0.25, 0.3) is 0 Å². The number of carboxylic acid groups (broad SMARTS) is 1. The Morgan fingerprint density at radius 3 is 2.33 bits per heavy atom. The quantitative estimate of drug-likeness (QED) is 0.765. The molecule has 3 nitrogen and oxygen atoms in total. The topological polar surface area (TPSA) is 46.5 Å². The van der Waals surface area contributed by atoms with Crippen LogP contribution in [-0.4, -0.2) is 23.8 Å². The molecule has 0 aliphatic heterocycles. The molecule has 1 saturated carbocycles. The van der Waals surface area contributed by atoms with Gasteiger partial charge in [0.05, 0.1) is 11.0 Å². The van der Waals surface area contributed by atoms with Gasteiger partial charge >= 0.3 is 5.97 Å². The highest BCUT2D eigenvalue weighted by molar-refractivity contribution is 5.74. The molecular weight excluding hydrogens is 192 g/mol. The smallest absolute Gasteiger partial charge is 0.309 e. The van der Waals surface area contributed by atoms with Crippen LogP contribution in [0.3, 0.4) is 0 Å². The molecular formula is C12H22O3. The van der Waals surface area contributed by atoms with E-state index in [2.05, 4.69) is 0 Å². The molecule has 88 valence electrons. The highest BCUT2D eigenvalue weighted by Gasteiger charge is 2.41. The Balaban J connectivity index is 2.57. The largest absolute Gasteiger partial charge is 0.481 e. The molecule has 15 heavy (non-hydrogen) atoms. The van der Waals surface area contributed by atoms with Crippen molar-refractivity contribution in [2.24, 2.45) is 5.41 Å². The molecule has 1 aliphatic carbocycles. The van der Waals surface area contributed by atoms with Gasteiger partial charge in [0.1, 0.15) is 0 Å². The zero-order chi connectivity index (χ0) is 11.5. The molecule has 1 N–H and O–H groups in total. The van der Waals surface area contributed by atoms with Crippen LogP contribution in [0.5, 0.6) is 0 Å². The molecule has 1 rings (SSSR count). The van der Waals surface area contributed by atoms with E-state index in [9.17, 15) is 9.90 Å². The second kappa shape index (κ2) is 4.52. The van der Waals surface area contributed by atoms with Gasteiger partial charge in [0, 0.05) is 7.11 Å². The SMILES string of the molecule is COC(C)(C)CCC1(C(=O)O)CCCC1. The van der Waals surface area contributed by atoms with Crippen LogP contribution >= 0.6 is 0 Å². The van der Waals surface area contributed by atoms with Crippen LogP contribution in [0, 0.1) is 5.41 Å². The lowest BCUT2D eigenvalue weighted by molar-refractivity contribution is -0.149. The number of methoxy groups -OCH3 is 1. The average molecular weight is 214 g/mol. The fourth-order valence-corrected chi connectivity index (χ4v) is 2.26. The summed E-state index contributed by atoms with van der Waals surface area (Å²) in [6.07, 6.45) is 5.34. The third-order valence-corrected chi connectivity index (χ3v) is 3.77. The number of hydrogen-bond acceptors (Lipinski definition) is 2. The molecule has 1 aliphatic rings. The molecule has 0 aromatic rings. The molecule has 0 bridgehead atoms. The van der Waals surface area contributed by atoms with Crippen molar-refractivity contribution < 1.29 is 14.6 Å². The molecule has 0 aromatic carbocycles. The van der Waals surface area contributed by atoms with Crippen molar-refractivity contribution in [1.82, 2.24) is 0 Å².